The first-order valence-electron chi connectivity index (χ1n) is 8.66. The molecule has 1 aliphatic rings. The third kappa shape index (κ3) is 5.24. The van der Waals surface area contributed by atoms with Gasteiger partial charge in [-0.3, -0.25) is 4.79 Å². The van der Waals surface area contributed by atoms with Crippen LogP contribution in [0, 0.1) is 19.8 Å². The van der Waals surface area contributed by atoms with Gasteiger partial charge in [0.1, 0.15) is 5.75 Å². The Balaban J connectivity index is 1.73. The van der Waals surface area contributed by atoms with Gasteiger partial charge in [-0.2, -0.15) is 0 Å². The van der Waals surface area contributed by atoms with Crippen LogP contribution < -0.4 is 10.1 Å². The summed E-state index contributed by atoms with van der Waals surface area (Å²) in [7, 11) is 2.17. The number of likely N-dealkylation sites (tertiary alicyclic amines) is 1. The Morgan fingerprint density at radius 3 is 2.74 bits per heavy atom. The van der Waals surface area contributed by atoms with E-state index in [1.807, 2.05) is 26.0 Å². The van der Waals surface area contributed by atoms with E-state index in [1.54, 1.807) is 0 Å². The van der Waals surface area contributed by atoms with Gasteiger partial charge in [0.05, 0.1) is 0 Å². The van der Waals surface area contributed by atoms with E-state index in [1.165, 1.54) is 31.5 Å². The third-order valence-corrected chi connectivity index (χ3v) is 4.92. The van der Waals surface area contributed by atoms with Gasteiger partial charge >= 0.3 is 0 Å². The van der Waals surface area contributed by atoms with Gasteiger partial charge < -0.3 is 15.0 Å². The van der Waals surface area contributed by atoms with Crippen LogP contribution in [-0.4, -0.2) is 43.6 Å². The monoisotopic (exact) mass is 318 g/mol. The number of aryl methyl sites for hydroxylation is 1. The maximum absolute atomic E-state index is 12.2. The van der Waals surface area contributed by atoms with Crippen molar-refractivity contribution in [3.05, 3.63) is 29.3 Å². The van der Waals surface area contributed by atoms with Gasteiger partial charge in [0.2, 0.25) is 0 Å². The molecule has 1 aromatic rings. The number of ether oxygens (including phenoxy) is 1. The number of hydrogen-bond donors (Lipinski definition) is 1. The first-order valence-corrected chi connectivity index (χ1v) is 8.66. The van der Waals surface area contributed by atoms with Crippen molar-refractivity contribution in [1.29, 1.82) is 0 Å². The number of nitrogens with one attached hydrogen (secondary N) is 1. The van der Waals surface area contributed by atoms with E-state index in [4.69, 9.17) is 4.74 Å². The van der Waals surface area contributed by atoms with E-state index in [-0.39, 0.29) is 5.91 Å². The molecule has 128 valence electrons. The highest BCUT2D eigenvalue weighted by atomic mass is 16.5. The summed E-state index contributed by atoms with van der Waals surface area (Å²) in [6.07, 6.45) is 3.07. The molecule has 4 heteroatoms. The zero-order chi connectivity index (χ0) is 16.8. The fraction of sp³-hybridized carbons (Fsp3) is 0.632. The van der Waals surface area contributed by atoms with Gasteiger partial charge in [-0.05, 0) is 83.3 Å². The quantitative estimate of drug-likeness (QED) is 0.877. The minimum absolute atomic E-state index is 0.0289. The summed E-state index contributed by atoms with van der Waals surface area (Å²) in [6, 6.07) is 5.93. The third-order valence-electron chi connectivity index (χ3n) is 4.92. The summed E-state index contributed by atoms with van der Waals surface area (Å²) in [5, 5.41) is 3.02. The lowest BCUT2D eigenvalue weighted by molar-refractivity contribution is -0.127. The van der Waals surface area contributed by atoms with Crippen LogP contribution in [0.25, 0.3) is 0 Å². The van der Waals surface area contributed by atoms with Crippen molar-refractivity contribution in [2.24, 2.45) is 5.92 Å². The Morgan fingerprint density at radius 2 is 2.04 bits per heavy atom. The lowest BCUT2D eigenvalue weighted by Crippen LogP contribution is -2.38. The second-order valence-electron chi connectivity index (χ2n) is 6.78. The predicted molar refractivity (Wildman–Crippen MR) is 93.9 cm³/mol. The van der Waals surface area contributed by atoms with Crippen LogP contribution in [0.1, 0.15) is 37.3 Å². The van der Waals surface area contributed by atoms with E-state index < -0.39 is 6.10 Å². The van der Waals surface area contributed by atoms with Crippen molar-refractivity contribution in [2.45, 2.75) is 46.1 Å². The van der Waals surface area contributed by atoms with Gasteiger partial charge in [-0.1, -0.05) is 12.1 Å². The normalized spacial score (nSPS) is 17.7. The van der Waals surface area contributed by atoms with Gasteiger partial charge in [0.15, 0.2) is 6.10 Å². The minimum Gasteiger partial charge on any atom is -0.481 e. The molecule has 1 fully saturated rings. The molecule has 0 spiro atoms. The first-order chi connectivity index (χ1) is 11.0. The summed E-state index contributed by atoms with van der Waals surface area (Å²) in [5.41, 5.74) is 2.27. The highest BCUT2D eigenvalue weighted by Gasteiger charge is 2.18. The molecule has 0 aliphatic carbocycles. The average Bonchev–Trinajstić information content (AvgIpc) is 2.53. The fourth-order valence-corrected chi connectivity index (χ4v) is 2.99. The van der Waals surface area contributed by atoms with Crippen molar-refractivity contribution < 1.29 is 9.53 Å². The van der Waals surface area contributed by atoms with E-state index >= 15 is 0 Å². The molecule has 0 radical (unpaired) electrons. The van der Waals surface area contributed by atoms with Crippen molar-refractivity contribution >= 4 is 5.91 Å². The van der Waals surface area contributed by atoms with Gasteiger partial charge in [-0.25, -0.2) is 0 Å². The van der Waals surface area contributed by atoms with Crippen LogP contribution in [0.5, 0.6) is 5.75 Å². The highest BCUT2D eigenvalue weighted by molar-refractivity contribution is 5.80. The number of rotatable bonds is 6. The Labute approximate surface area is 140 Å². The van der Waals surface area contributed by atoms with Crippen LogP contribution in [-0.2, 0) is 4.79 Å². The molecule has 0 bridgehead atoms. The van der Waals surface area contributed by atoms with Crippen LogP contribution in [0.4, 0.5) is 0 Å². The predicted octanol–water partition coefficient (Wildman–Crippen LogP) is 2.92. The maximum atomic E-state index is 12.2. The summed E-state index contributed by atoms with van der Waals surface area (Å²) < 4.78 is 5.83. The minimum atomic E-state index is -0.465. The number of piperidine rings is 1. The molecule has 1 aromatic carbocycles. The maximum Gasteiger partial charge on any atom is 0.260 e. The molecule has 0 unspecified atom stereocenters. The summed E-state index contributed by atoms with van der Waals surface area (Å²) in [5.74, 6) is 1.50. The molecule has 0 aromatic heterocycles. The second kappa shape index (κ2) is 8.34. The van der Waals surface area contributed by atoms with E-state index in [0.29, 0.717) is 0 Å². The summed E-state index contributed by atoms with van der Waals surface area (Å²) in [6.45, 7) is 8.97. The molecule has 1 atom stereocenters. The largest absolute Gasteiger partial charge is 0.481 e. The molecule has 1 N–H and O–H groups in total. The topological polar surface area (TPSA) is 41.6 Å². The zero-order valence-electron chi connectivity index (χ0n) is 14.9. The van der Waals surface area contributed by atoms with Crippen LogP contribution in [0.15, 0.2) is 18.2 Å². The van der Waals surface area contributed by atoms with E-state index in [2.05, 4.69) is 30.3 Å². The fourth-order valence-electron chi connectivity index (χ4n) is 2.99. The Morgan fingerprint density at radius 1 is 1.35 bits per heavy atom. The van der Waals surface area contributed by atoms with Crippen molar-refractivity contribution in [3.8, 4) is 5.75 Å². The molecule has 1 amide bonds. The van der Waals surface area contributed by atoms with Gasteiger partial charge in [0, 0.05) is 6.54 Å². The molecule has 1 aliphatic heterocycles. The van der Waals surface area contributed by atoms with Crippen LogP contribution in [0.2, 0.25) is 0 Å². The molecule has 4 nitrogen and oxygen atoms in total. The number of carbonyl (C=O) groups is 1. The molecule has 23 heavy (non-hydrogen) atoms. The highest BCUT2D eigenvalue weighted by Crippen LogP contribution is 2.22. The van der Waals surface area contributed by atoms with Crippen molar-refractivity contribution in [3.63, 3.8) is 0 Å². The van der Waals surface area contributed by atoms with Crippen LogP contribution >= 0.6 is 0 Å². The first kappa shape index (κ1) is 17.8. The summed E-state index contributed by atoms with van der Waals surface area (Å²) in [4.78, 5) is 14.6. The number of nitrogens with zero attached hydrogens (tertiary/aromatic N) is 1. The van der Waals surface area contributed by atoms with Crippen molar-refractivity contribution in [1.82, 2.24) is 10.2 Å². The Bertz CT molecular complexity index is 522. The van der Waals surface area contributed by atoms with Crippen LogP contribution in [0.3, 0.4) is 0 Å². The number of amides is 1. The molecule has 0 saturated carbocycles. The number of hydrogen-bond acceptors (Lipinski definition) is 3. The molecule has 1 heterocycles. The molecule has 1 saturated heterocycles. The van der Waals surface area contributed by atoms with Crippen molar-refractivity contribution in [2.75, 3.05) is 26.7 Å². The Kier molecular flexibility index (Phi) is 6.46. The smallest absolute Gasteiger partial charge is 0.260 e. The van der Waals surface area contributed by atoms with Gasteiger partial charge in [-0.15, -0.1) is 0 Å². The second-order valence-corrected chi connectivity index (χ2v) is 6.78. The molecular weight excluding hydrogens is 288 g/mol. The van der Waals surface area contributed by atoms with E-state index in [0.717, 1.165) is 30.2 Å². The summed E-state index contributed by atoms with van der Waals surface area (Å²) >= 11 is 0. The van der Waals surface area contributed by atoms with E-state index in [9.17, 15) is 4.79 Å². The lowest BCUT2D eigenvalue weighted by atomic mass is 9.94. The lowest BCUT2D eigenvalue weighted by Gasteiger charge is -2.29. The van der Waals surface area contributed by atoms with Gasteiger partial charge in [0.25, 0.3) is 5.91 Å². The number of carbonyl (C=O) groups excluding carboxylic acids is 1. The Hall–Kier alpha value is -1.55. The molecule has 2 rings (SSSR count). The average molecular weight is 318 g/mol. The SMILES string of the molecule is Cc1cccc(O[C@@H](C)C(=O)NCCC2CCN(C)CC2)c1C. The molecular formula is C19H30N2O2. The standard InChI is InChI=1S/C19H30N2O2/c1-14-6-5-7-18(15(14)2)23-16(3)19(22)20-11-8-17-9-12-21(4)13-10-17/h5-7,16-17H,8-13H2,1-4H3,(H,20,22)/t16-/m0/s1. The zero-order valence-corrected chi connectivity index (χ0v) is 14.9. The number of benzene rings is 1.